The van der Waals surface area contributed by atoms with E-state index in [2.05, 4.69) is 27.4 Å². The lowest BCUT2D eigenvalue weighted by Crippen LogP contribution is -2.59. The number of halogens is 2. The van der Waals surface area contributed by atoms with E-state index in [1.807, 2.05) is 6.92 Å². The number of urea groups is 1. The van der Waals surface area contributed by atoms with Crippen LogP contribution >= 0.6 is 11.3 Å². The van der Waals surface area contributed by atoms with Crippen molar-refractivity contribution >= 4 is 28.4 Å². The number of rotatable bonds is 7. The minimum absolute atomic E-state index is 0.0154. The number of nitrogens with two attached hydrogens (primary N) is 1. The highest BCUT2D eigenvalue weighted by molar-refractivity contribution is 7.15. The molecule has 0 spiro atoms. The van der Waals surface area contributed by atoms with Gasteiger partial charge in [0.15, 0.2) is 5.13 Å². The number of ether oxygens (including phenoxy) is 1. The van der Waals surface area contributed by atoms with Crippen LogP contribution in [-0.4, -0.2) is 84.1 Å². The lowest BCUT2D eigenvalue weighted by Gasteiger charge is -2.41. The van der Waals surface area contributed by atoms with Gasteiger partial charge in [0.2, 0.25) is 5.91 Å². The minimum Gasteiger partial charge on any atom is -0.376 e. The van der Waals surface area contributed by atoms with Gasteiger partial charge in [0, 0.05) is 25.8 Å². The van der Waals surface area contributed by atoms with Crippen LogP contribution in [0.15, 0.2) is 6.20 Å². The van der Waals surface area contributed by atoms with Crippen LogP contribution in [0.25, 0.3) is 0 Å². The van der Waals surface area contributed by atoms with Crippen molar-refractivity contribution in [1.29, 1.82) is 0 Å². The number of morpholine rings is 1. The van der Waals surface area contributed by atoms with Crippen molar-refractivity contribution in [3.63, 3.8) is 0 Å². The zero-order valence-corrected chi connectivity index (χ0v) is 21.2. The molecule has 2 saturated heterocycles. The normalized spacial score (nSPS) is 29.3. The number of hydrogen-bond acceptors (Lipinski definition) is 7. The predicted octanol–water partition coefficient (Wildman–Crippen LogP) is 2.66. The summed E-state index contributed by atoms with van der Waals surface area (Å²) in [5.74, 6) is -2.52. The van der Waals surface area contributed by atoms with Crippen LogP contribution in [0.2, 0.25) is 0 Å². The van der Waals surface area contributed by atoms with E-state index in [-0.39, 0.29) is 17.9 Å². The van der Waals surface area contributed by atoms with Crippen molar-refractivity contribution in [3.05, 3.63) is 11.1 Å². The number of nitrogens with one attached hydrogen (secondary N) is 2. The van der Waals surface area contributed by atoms with Crippen molar-refractivity contribution in [3.8, 4) is 0 Å². The molecule has 3 aliphatic rings. The molecule has 4 rings (SSSR count). The molecule has 0 aromatic carbocycles. The molecule has 3 amide bonds. The number of nitrogens with zero attached hydrogens (tertiary/aromatic N) is 3. The number of carbonyl (C=O) groups excluding carboxylic acids is 2. The third-order valence-electron chi connectivity index (χ3n) is 7.25. The SMILES string of the molecule is CC1CCC([C@H](N)C(=O)Nc2ncc([C@@H](CN3CCO[C@H](C)C3)N3CC(F)(F)CNC3=O)s2)CC1. The molecular weight excluding hydrogens is 478 g/mol. The molecule has 3 heterocycles. The van der Waals surface area contributed by atoms with E-state index in [1.165, 1.54) is 16.2 Å². The van der Waals surface area contributed by atoms with Crippen LogP contribution in [0.3, 0.4) is 0 Å². The van der Waals surface area contributed by atoms with Crippen LogP contribution < -0.4 is 16.4 Å². The molecule has 9 nitrogen and oxygen atoms in total. The zero-order valence-electron chi connectivity index (χ0n) is 20.3. The lowest BCUT2D eigenvalue weighted by molar-refractivity contribution is -0.118. The molecule has 0 bridgehead atoms. The highest BCUT2D eigenvalue weighted by Crippen LogP contribution is 2.34. The summed E-state index contributed by atoms with van der Waals surface area (Å²) in [6.07, 6.45) is 5.56. The second kappa shape index (κ2) is 11.0. The largest absolute Gasteiger partial charge is 0.376 e. The Labute approximate surface area is 208 Å². The van der Waals surface area contributed by atoms with Gasteiger partial charge in [0.05, 0.1) is 42.8 Å². The molecular formula is C23H36F2N6O3S. The van der Waals surface area contributed by atoms with Crippen LogP contribution in [0.5, 0.6) is 0 Å². The average Bonchev–Trinajstić information content (AvgIpc) is 3.27. The molecule has 1 saturated carbocycles. The summed E-state index contributed by atoms with van der Waals surface area (Å²) < 4.78 is 34.1. The Morgan fingerprint density at radius 1 is 1.37 bits per heavy atom. The standard InChI is InChI=1S/C23H36F2N6O3S/c1-14-3-5-16(6-4-14)19(26)20(32)29-21-27-9-18(35-21)17(11-30-7-8-34-15(2)10-30)31-13-23(24,25)12-28-22(31)33/h9,14-17,19H,3-8,10-13,26H2,1-2H3,(H,28,33)(H,27,29,32)/t14?,15-,16?,17-,19+/m1/s1. The van der Waals surface area contributed by atoms with Crippen LogP contribution in [-0.2, 0) is 9.53 Å². The first-order valence-corrected chi connectivity index (χ1v) is 13.2. The van der Waals surface area contributed by atoms with Gasteiger partial charge in [-0.2, -0.15) is 0 Å². The van der Waals surface area contributed by atoms with Crippen molar-refractivity contribution in [1.82, 2.24) is 20.1 Å². The smallest absolute Gasteiger partial charge is 0.318 e. The minimum atomic E-state index is -3.03. The lowest BCUT2D eigenvalue weighted by atomic mass is 9.79. The Kier molecular flexibility index (Phi) is 8.24. The Morgan fingerprint density at radius 3 is 2.83 bits per heavy atom. The molecule has 12 heteroatoms. The van der Waals surface area contributed by atoms with E-state index >= 15 is 0 Å². The van der Waals surface area contributed by atoms with Gasteiger partial charge < -0.3 is 26.0 Å². The number of carbonyl (C=O) groups is 2. The molecule has 0 unspecified atom stereocenters. The summed E-state index contributed by atoms with van der Waals surface area (Å²) >= 11 is 1.20. The van der Waals surface area contributed by atoms with Crippen LogP contribution in [0, 0.1) is 11.8 Å². The number of alkyl halides is 2. The summed E-state index contributed by atoms with van der Waals surface area (Å²) in [5, 5.41) is 5.47. The van der Waals surface area contributed by atoms with E-state index in [9.17, 15) is 18.4 Å². The summed E-state index contributed by atoms with van der Waals surface area (Å²) in [5.41, 5.74) is 6.26. The molecule has 3 atom stereocenters. The van der Waals surface area contributed by atoms with Gasteiger partial charge in [-0.25, -0.2) is 18.6 Å². The second-order valence-corrected chi connectivity index (χ2v) is 11.3. The molecule has 2 aliphatic heterocycles. The Bertz CT molecular complexity index is 894. The van der Waals surface area contributed by atoms with Gasteiger partial charge in [-0.3, -0.25) is 9.69 Å². The first-order valence-electron chi connectivity index (χ1n) is 12.4. The Hall–Kier alpha value is -1.89. The fourth-order valence-electron chi connectivity index (χ4n) is 5.12. The second-order valence-electron chi connectivity index (χ2n) is 10.2. The van der Waals surface area contributed by atoms with E-state index < -0.39 is 37.1 Å². The molecule has 3 fully saturated rings. The van der Waals surface area contributed by atoms with E-state index in [1.54, 1.807) is 6.20 Å². The first kappa shape index (κ1) is 26.2. The average molecular weight is 515 g/mol. The van der Waals surface area contributed by atoms with Gasteiger partial charge in [-0.05, 0) is 31.6 Å². The molecule has 35 heavy (non-hydrogen) atoms. The Balaban J connectivity index is 1.48. The number of thiazole rings is 1. The monoisotopic (exact) mass is 514 g/mol. The third kappa shape index (κ3) is 6.66. The summed E-state index contributed by atoms with van der Waals surface area (Å²) in [6.45, 7) is 5.01. The van der Waals surface area contributed by atoms with E-state index in [0.29, 0.717) is 42.2 Å². The molecule has 0 radical (unpaired) electrons. The maximum absolute atomic E-state index is 14.2. The van der Waals surface area contributed by atoms with E-state index in [4.69, 9.17) is 10.5 Å². The molecule has 1 aromatic heterocycles. The Morgan fingerprint density at radius 2 is 2.11 bits per heavy atom. The summed E-state index contributed by atoms with van der Waals surface area (Å²) in [7, 11) is 0. The number of anilines is 1. The fourth-order valence-corrected chi connectivity index (χ4v) is 6.05. The fraction of sp³-hybridized carbons (Fsp3) is 0.783. The predicted molar refractivity (Wildman–Crippen MR) is 129 cm³/mol. The van der Waals surface area contributed by atoms with Gasteiger partial charge in [0.1, 0.15) is 0 Å². The van der Waals surface area contributed by atoms with Gasteiger partial charge in [-0.15, -0.1) is 0 Å². The van der Waals surface area contributed by atoms with Gasteiger partial charge in [0.25, 0.3) is 5.92 Å². The maximum Gasteiger partial charge on any atom is 0.318 e. The number of amides is 3. The van der Waals surface area contributed by atoms with Crippen molar-refractivity contribution < 1.29 is 23.1 Å². The van der Waals surface area contributed by atoms with E-state index in [0.717, 1.165) is 25.7 Å². The van der Waals surface area contributed by atoms with Gasteiger partial charge >= 0.3 is 6.03 Å². The molecule has 196 valence electrons. The number of hydrogen-bond donors (Lipinski definition) is 3. The van der Waals surface area contributed by atoms with Crippen molar-refractivity contribution in [2.75, 3.05) is 44.6 Å². The van der Waals surface area contributed by atoms with Crippen LogP contribution in [0.1, 0.15) is 50.4 Å². The van der Waals surface area contributed by atoms with Crippen LogP contribution in [0.4, 0.5) is 18.7 Å². The molecule has 4 N–H and O–H groups in total. The molecule has 1 aromatic rings. The molecule has 1 aliphatic carbocycles. The third-order valence-corrected chi connectivity index (χ3v) is 8.26. The van der Waals surface area contributed by atoms with Crippen molar-refractivity contribution in [2.24, 2.45) is 17.6 Å². The summed E-state index contributed by atoms with van der Waals surface area (Å²) in [4.78, 5) is 33.7. The first-order chi connectivity index (χ1) is 16.6. The highest BCUT2D eigenvalue weighted by Gasteiger charge is 2.43. The zero-order chi connectivity index (χ0) is 25.2. The maximum atomic E-state index is 14.2. The quantitative estimate of drug-likeness (QED) is 0.516. The van der Waals surface area contributed by atoms with Crippen molar-refractivity contribution in [2.45, 2.75) is 63.6 Å². The highest BCUT2D eigenvalue weighted by atomic mass is 32.1. The summed E-state index contributed by atoms with van der Waals surface area (Å²) in [6, 6.07) is -1.79. The number of aromatic nitrogens is 1. The topological polar surface area (TPSA) is 113 Å². The van der Waals surface area contributed by atoms with Gasteiger partial charge in [-0.1, -0.05) is 31.1 Å².